The highest BCUT2D eigenvalue weighted by Crippen LogP contribution is 2.20. The van der Waals surface area contributed by atoms with E-state index in [-0.39, 0.29) is 0 Å². The summed E-state index contributed by atoms with van der Waals surface area (Å²) in [6, 6.07) is 12.3. The molecule has 1 N–H and O–H groups in total. The molecule has 0 aliphatic heterocycles. The molecule has 19 heavy (non-hydrogen) atoms. The highest BCUT2D eigenvalue weighted by atomic mass is 32.1. The predicted octanol–water partition coefficient (Wildman–Crippen LogP) is 3.06. The van der Waals surface area contributed by atoms with E-state index in [0.29, 0.717) is 6.61 Å². The lowest BCUT2D eigenvalue weighted by Crippen LogP contribution is -2.19. The van der Waals surface area contributed by atoms with Crippen molar-refractivity contribution in [1.29, 1.82) is 0 Å². The fourth-order valence-electron chi connectivity index (χ4n) is 1.73. The zero-order valence-corrected chi connectivity index (χ0v) is 11.9. The van der Waals surface area contributed by atoms with Gasteiger partial charge < -0.3 is 14.8 Å². The molecule has 2 rings (SSSR count). The third-order valence-corrected chi connectivity index (χ3v) is 3.57. The summed E-state index contributed by atoms with van der Waals surface area (Å²) in [7, 11) is 1.71. The van der Waals surface area contributed by atoms with E-state index in [1.807, 2.05) is 24.3 Å². The van der Waals surface area contributed by atoms with E-state index >= 15 is 0 Å². The molecule has 0 amide bonds. The van der Waals surface area contributed by atoms with Gasteiger partial charge in [0.25, 0.3) is 0 Å². The molecule has 0 spiro atoms. The maximum atomic E-state index is 5.88. The Morgan fingerprint density at radius 2 is 2.05 bits per heavy atom. The molecule has 0 bridgehead atoms. The summed E-state index contributed by atoms with van der Waals surface area (Å²) >= 11 is 1.72. The summed E-state index contributed by atoms with van der Waals surface area (Å²) in [6.07, 6.45) is 0. The van der Waals surface area contributed by atoms with Crippen molar-refractivity contribution < 1.29 is 9.47 Å². The molecule has 2 aromatic rings. The number of hydrogen-bond donors (Lipinski definition) is 1. The highest BCUT2D eigenvalue weighted by Gasteiger charge is 2.03. The molecule has 0 fully saturated rings. The van der Waals surface area contributed by atoms with Crippen LogP contribution in [-0.4, -0.2) is 20.3 Å². The summed E-state index contributed by atoms with van der Waals surface area (Å²) in [5.41, 5.74) is 1.18. The monoisotopic (exact) mass is 277 g/mol. The summed E-state index contributed by atoms with van der Waals surface area (Å²) in [5.74, 6) is 0.945. The molecule has 0 aliphatic carbocycles. The van der Waals surface area contributed by atoms with Gasteiger partial charge in [-0.25, -0.2) is 0 Å². The second kappa shape index (κ2) is 7.94. The summed E-state index contributed by atoms with van der Waals surface area (Å²) < 4.78 is 10.9. The third-order valence-electron chi connectivity index (χ3n) is 2.72. The number of hydrogen-bond acceptors (Lipinski definition) is 4. The molecule has 1 aromatic carbocycles. The van der Waals surface area contributed by atoms with Crippen LogP contribution in [0.1, 0.15) is 10.4 Å². The highest BCUT2D eigenvalue weighted by molar-refractivity contribution is 7.09. The van der Waals surface area contributed by atoms with Crippen LogP contribution in [0.3, 0.4) is 0 Å². The number of para-hydroxylation sites is 1. The van der Waals surface area contributed by atoms with Crippen LogP contribution in [0.5, 0.6) is 5.75 Å². The number of rotatable bonds is 8. The maximum Gasteiger partial charge on any atom is 0.124 e. The first-order valence-corrected chi connectivity index (χ1v) is 7.21. The van der Waals surface area contributed by atoms with Gasteiger partial charge in [0.2, 0.25) is 0 Å². The van der Waals surface area contributed by atoms with Crippen LogP contribution < -0.4 is 10.1 Å². The smallest absolute Gasteiger partial charge is 0.124 e. The SMILES string of the molecule is COCCNCc1ccccc1OCc1cccs1. The van der Waals surface area contributed by atoms with Crippen LogP contribution in [0.15, 0.2) is 41.8 Å². The molecule has 102 valence electrons. The maximum absolute atomic E-state index is 5.88. The quantitative estimate of drug-likeness (QED) is 0.752. The van der Waals surface area contributed by atoms with Crippen molar-refractivity contribution in [2.75, 3.05) is 20.3 Å². The van der Waals surface area contributed by atoms with Crippen LogP contribution in [0.25, 0.3) is 0 Å². The molecule has 0 radical (unpaired) electrons. The standard InChI is InChI=1S/C15H19NO2S/c1-17-9-8-16-11-13-5-2-3-7-15(13)18-12-14-6-4-10-19-14/h2-7,10,16H,8-9,11-12H2,1H3. The Hall–Kier alpha value is -1.36. The van der Waals surface area contributed by atoms with Gasteiger partial charge in [0.05, 0.1) is 6.61 Å². The average Bonchev–Trinajstić information content (AvgIpc) is 2.96. The van der Waals surface area contributed by atoms with E-state index in [1.165, 1.54) is 10.4 Å². The van der Waals surface area contributed by atoms with E-state index < -0.39 is 0 Å². The number of thiophene rings is 1. The minimum Gasteiger partial charge on any atom is -0.488 e. The Labute approximate surface area is 118 Å². The van der Waals surface area contributed by atoms with Crippen molar-refractivity contribution in [3.63, 3.8) is 0 Å². The zero-order chi connectivity index (χ0) is 13.3. The van der Waals surface area contributed by atoms with Gasteiger partial charge in [0, 0.05) is 30.6 Å². The van der Waals surface area contributed by atoms with Gasteiger partial charge >= 0.3 is 0 Å². The van der Waals surface area contributed by atoms with Gasteiger partial charge in [0.15, 0.2) is 0 Å². The molecule has 0 saturated heterocycles. The van der Waals surface area contributed by atoms with E-state index in [1.54, 1.807) is 18.4 Å². The lowest BCUT2D eigenvalue weighted by molar-refractivity contribution is 0.199. The van der Waals surface area contributed by atoms with E-state index in [4.69, 9.17) is 9.47 Å². The van der Waals surface area contributed by atoms with Crippen molar-refractivity contribution in [3.8, 4) is 5.75 Å². The minimum absolute atomic E-state index is 0.632. The van der Waals surface area contributed by atoms with Crippen molar-refractivity contribution in [2.45, 2.75) is 13.2 Å². The Kier molecular flexibility index (Phi) is 5.88. The Bertz CT molecular complexity index is 471. The van der Waals surface area contributed by atoms with Crippen molar-refractivity contribution >= 4 is 11.3 Å². The van der Waals surface area contributed by atoms with Crippen molar-refractivity contribution in [1.82, 2.24) is 5.32 Å². The van der Waals surface area contributed by atoms with Crippen LogP contribution in [-0.2, 0) is 17.9 Å². The molecular weight excluding hydrogens is 258 g/mol. The average molecular weight is 277 g/mol. The van der Waals surface area contributed by atoms with Crippen molar-refractivity contribution in [3.05, 3.63) is 52.2 Å². The first kappa shape index (κ1) is 14.1. The molecule has 1 aromatic heterocycles. The van der Waals surface area contributed by atoms with Crippen LogP contribution in [0.4, 0.5) is 0 Å². The molecule has 0 atom stereocenters. The normalized spacial score (nSPS) is 10.6. The topological polar surface area (TPSA) is 30.5 Å². The second-order valence-electron chi connectivity index (χ2n) is 4.15. The van der Waals surface area contributed by atoms with Crippen molar-refractivity contribution in [2.24, 2.45) is 0 Å². The third kappa shape index (κ3) is 4.67. The van der Waals surface area contributed by atoms with Gasteiger partial charge in [-0.1, -0.05) is 24.3 Å². The molecule has 1 heterocycles. The van der Waals surface area contributed by atoms with Crippen LogP contribution >= 0.6 is 11.3 Å². The minimum atomic E-state index is 0.632. The number of ether oxygens (including phenoxy) is 2. The molecule has 4 heteroatoms. The van der Waals surface area contributed by atoms with Gasteiger partial charge in [-0.3, -0.25) is 0 Å². The number of nitrogens with one attached hydrogen (secondary N) is 1. The van der Waals surface area contributed by atoms with Crippen LogP contribution in [0.2, 0.25) is 0 Å². The zero-order valence-electron chi connectivity index (χ0n) is 11.1. The lowest BCUT2D eigenvalue weighted by atomic mass is 10.2. The molecule has 0 aliphatic rings. The first-order chi connectivity index (χ1) is 9.40. The van der Waals surface area contributed by atoms with Gasteiger partial charge in [0.1, 0.15) is 12.4 Å². The largest absolute Gasteiger partial charge is 0.488 e. The first-order valence-electron chi connectivity index (χ1n) is 6.33. The van der Waals surface area contributed by atoms with Crippen LogP contribution in [0, 0.1) is 0 Å². The fraction of sp³-hybridized carbons (Fsp3) is 0.333. The fourth-order valence-corrected chi connectivity index (χ4v) is 2.35. The Balaban J connectivity index is 1.88. The second-order valence-corrected chi connectivity index (χ2v) is 5.18. The van der Waals surface area contributed by atoms with E-state index in [2.05, 4.69) is 22.8 Å². The summed E-state index contributed by atoms with van der Waals surface area (Å²) in [5, 5.41) is 5.40. The predicted molar refractivity (Wildman–Crippen MR) is 78.7 cm³/mol. The Morgan fingerprint density at radius 3 is 2.84 bits per heavy atom. The van der Waals surface area contributed by atoms with Gasteiger partial charge in [-0.15, -0.1) is 11.3 Å². The molecule has 0 saturated carbocycles. The summed E-state index contributed by atoms with van der Waals surface area (Å²) in [6.45, 7) is 2.99. The van der Waals surface area contributed by atoms with E-state index in [0.717, 1.165) is 25.4 Å². The number of benzene rings is 1. The number of methoxy groups -OCH3 is 1. The Morgan fingerprint density at radius 1 is 1.16 bits per heavy atom. The molecule has 3 nitrogen and oxygen atoms in total. The summed E-state index contributed by atoms with van der Waals surface area (Å²) in [4.78, 5) is 1.24. The molecular formula is C15H19NO2S. The molecule has 0 unspecified atom stereocenters. The van der Waals surface area contributed by atoms with Gasteiger partial charge in [-0.2, -0.15) is 0 Å². The van der Waals surface area contributed by atoms with Gasteiger partial charge in [-0.05, 0) is 17.5 Å². The lowest BCUT2D eigenvalue weighted by Gasteiger charge is -2.11. The van der Waals surface area contributed by atoms with E-state index in [9.17, 15) is 0 Å².